The van der Waals surface area contributed by atoms with Gasteiger partial charge in [-0.2, -0.15) is 4.98 Å². The molecule has 3 rings (SSSR count). The molecule has 9 nitrogen and oxygen atoms in total. The van der Waals surface area contributed by atoms with Gasteiger partial charge in [-0.05, 0) is 18.0 Å². The van der Waals surface area contributed by atoms with E-state index in [9.17, 15) is 4.79 Å². The molecule has 0 spiro atoms. The van der Waals surface area contributed by atoms with Crippen LogP contribution in [0.3, 0.4) is 0 Å². The highest BCUT2D eigenvalue weighted by molar-refractivity contribution is 5.73. The molecule has 0 atom stereocenters. The van der Waals surface area contributed by atoms with E-state index in [1.165, 1.54) is 19.3 Å². The molecule has 9 heteroatoms. The minimum atomic E-state index is -0.201. The Labute approximate surface area is 154 Å². The molecule has 2 aliphatic rings. The van der Waals surface area contributed by atoms with Gasteiger partial charge in [0, 0.05) is 39.3 Å². The predicted molar refractivity (Wildman–Crippen MR) is 97.1 cm³/mol. The molecule has 1 aliphatic heterocycles. The minimum absolute atomic E-state index is 0.0575. The van der Waals surface area contributed by atoms with E-state index in [4.69, 9.17) is 9.26 Å². The maximum Gasteiger partial charge on any atom is 0.315 e. The Balaban J connectivity index is 1.50. The molecule has 0 bridgehead atoms. The van der Waals surface area contributed by atoms with Crippen LogP contribution in [0.25, 0.3) is 0 Å². The SMILES string of the molecule is CN(C)c1noc(CNC(=O)NCC2(N3CCOCC3)CCCCC2)n1. The number of nitrogens with zero attached hydrogens (tertiary/aromatic N) is 4. The van der Waals surface area contributed by atoms with Crippen molar-refractivity contribution in [1.29, 1.82) is 0 Å². The Kier molecular flexibility index (Phi) is 6.31. The molecule has 26 heavy (non-hydrogen) atoms. The Morgan fingerprint density at radius 3 is 2.58 bits per heavy atom. The number of urea groups is 1. The number of hydrogen-bond acceptors (Lipinski definition) is 7. The molecule has 2 fully saturated rings. The molecule has 2 amide bonds. The van der Waals surface area contributed by atoms with E-state index in [1.807, 2.05) is 14.1 Å². The molecule has 1 aromatic rings. The highest BCUT2D eigenvalue weighted by atomic mass is 16.5. The van der Waals surface area contributed by atoms with Crippen LogP contribution in [0.5, 0.6) is 0 Å². The van der Waals surface area contributed by atoms with Gasteiger partial charge in [0.25, 0.3) is 5.95 Å². The molecule has 2 N–H and O–H groups in total. The predicted octanol–water partition coefficient (Wildman–Crippen LogP) is 0.970. The summed E-state index contributed by atoms with van der Waals surface area (Å²) < 4.78 is 10.6. The number of hydrogen-bond donors (Lipinski definition) is 2. The summed E-state index contributed by atoms with van der Waals surface area (Å²) in [5, 5.41) is 9.70. The summed E-state index contributed by atoms with van der Waals surface area (Å²) in [6.45, 7) is 4.32. The van der Waals surface area contributed by atoms with Crippen LogP contribution in [0.1, 0.15) is 38.0 Å². The van der Waals surface area contributed by atoms with Gasteiger partial charge in [-0.3, -0.25) is 4.90 Å². The summed E-state index contributed by atoms with van der Waals surface area (Å²) in [5.74, 6) is 0.889. The molecule has 1 aliphatic carbocycles. The van der Waals surface area contributed by atoms with Gasteiger partial charge in [0.1, 0.15) is 0 Å². The lowest BCUT2D eigenvalue weighted by Crippen LogP contribution is -2.60. The number of ether oxygens (including phenoxy) is 1. The average Bonchev–Trinajstić information content (AvgIpc) is 3.16. The standard InChI is InChI=1S/C17H30N6O3/c1-22(2)15-20-14(26-21-15)12-18-16(24)19-13-17(6-4-3-5-7-17)23-8-10-25-11-9-23/h3-13H2,1-2H3,(H2,18,19,24). The highest BCUT2D eigenvalue weighted by Gasteiger charge is 2.38. The van der Waals surface area contributed by atoms with E-state index < -0.39 is 0 Å². The number of morpholine rings is 1. The molecule has 2 heterocycles. The van der Waals surface area contributed by atoms with Gasteiger partial charge in [0.2, 0.25) is 5.89 Å². The van der Waals surface area contributed by atoms with Crippen LogP contribution >= 0.6 is 0 Å². The summed E-state index contributed by atoms with van der Waals surface area (Å²) in [6, 6.07) is -0.201. The number of amides is 2. The van der Waals surface area contributed by atoms with E-state index in [1.54, 1.807) is 4.90 Å². The highest BCUT2D eigenvalue weighted by Crippen LogP contribution is 2.33. The van der Waals surface area contributed by atoms with Crippen molar-refractivity contribution in [2.75, 3.05) is 51.8 Å². The second kappa shape index (κ2) is 8.68. The third-order valence-electron chi connectivity index (χ3n) is 5.30. The normalized spacial score (nSPS) is 20.5. The van der Waals surface area contributed by atoms with E-state index in [-0.39, 0.29) is 18.1 Å². The smallest absolute Gasteiger partial charge is 0.315 e. The minimum Gasteiger partial charge on any atom is -0.379 e. The second-order valence-electron chi connectivity index (χ2n) is 7.30. The van der Waals surface area contributed by atoms with E-state index in [0.717, 1.165) is 39.1 Å². The van der Waals surface area contributed by atoms with Crippen LogP contribution in [0, 0.1) is 0 Å². The van der Waals surface area contributed by atoms with Crippen LogP contribution < -0.4 is 15.5 Å². The number of rotatable bonds is 6. The zero-order valence-electron chi connectivity index (χ0n) is 15.8. The lowest BCUT2D eigenvalue weighted by molar-refractivity contribution is -0.0357. The topological polar surface area (TPSA) is 95.8 Å². The van der Waals surface area contributed by atoms with Gasteiger partial charge in [-0.25, -0.2) is 4.79 Å². The molecule has 1 saturated carbocycles. The summed E-state index contributed by atoms with van der Waals surface area (Å²) in [5.41, 5.74) is 0.0575. The number of nitrogens with one attached hydrogen (secondary N) is 2. The van der Waals surface area contributed by atoms with Crippen molar-refractivity contribution in [2.24, 2.45) is 0 Å². The lowest BCUT2D eigenvalue weighted by atomic mass is 9.80. The average molecular weight is 366 g/mol. The van der Waals surface area contributed by atoms with Gasteiger partial charge >= 0.3 is 6.03 Å². The Morgan fingerprint density at radius 2 is 1.92 bits per heavy atom. The van der Waals surface area contributed by atoms with E-state index >= 15 is 0 Å². The Morgan fingerprint density at radius 1 is 1.19 bits per heavy atom. The van der Waals surface area contributed by atoms with E-state index in [2.05, 4.69) is 25.7 Å². The molecule has 0 unspecified atom stereocenters. The van der Waals surface area contributed by atoms with Gasteiger partial charge in [0.05, 0.1) is 19.8 Å². The van der Waals surface area contributed by atoms with Gasteiger partial charge < -0.3 is 24.8 Å². The first-order valence-electron chi connectivity index (χ1n) is 9.43. The first-order chi connectivity index (χ1) is 12.6. The molecule has 1 saturated heterocycles. The van der Waals surface area contributed by atoms with Crippen molar-refractivity contribution in [1.82, 2.24) is 25.7 Å². The molecular weight excluding hydrogens is 336 g/mol. The monoisotopic (exact) mass is 366 g/mol. The van der Waals surface area contributed by atoms with Crippen molar-refractivity contribution in [3.63, 3.8) is 0 Å². The fraction of sp³-hybridized carbons (Fsp3) is 0.824. The third kappa shape index (κ3) is 4.64. The maximum absolute atomic E-state index is 12.3. The maximum atomic E-state index is 12.3. The quantitative estimate of drug-likeness (QED) is 0.774. The fourth-order valence-corrected chi connectivity index (χ4v) is 3.81. The molecular formula is C17H30N6O3. The van der Waals surface area contributed by atoms with Crippen LogP contribution in [-0.4, -0.2) is 73.6 Å². The third-order valence-corrected chi connectivity index (χ3v) is 5.30. The molecule has 146 valence electrons. The summed E-state index contributed by atoms with van der Waals surface area (Å²) >= 11 is 0. The zero-order chi connectivity index (χ0) is 18.4. The number of carbonyl (C=O) groups is 1. The van der Waals surface area contributed by atoms with Crippen molar-refractivity contribution < 1.29 is 14.1 Å². The fourth-order valence-electron chi connectivity index (χ4n) is 3.81. The largest absolute Gasteiger partial charge is 0.379 e. The van der Waals surface area contributed by atoms with Gasteiger partial charge in [0.15, 0.2) is 0 Å². The first kappa shape index (κ1) is 18.9. The number of anilines is 1. The van der Waals surface area contributed by atoms with Crippen molar-refractivity contribution in [2.45, 2.75) is 44.2 Å². The first-order valence-corrected chi connectivity index (χ1v) is 9.43. The summed E-state index contributed by atoms with van der Waals surface area (Å²) in [4.78, 5) is 20.7. The van der Waals surface area contributed by atoms with Crippen molar-refractivity contribution >= 4 is 12.0 Å². The van der Waals surface area contributed by atoms with Gasteiger partial charge in [-0.15, -0.1) is 0 Å². The molecule has 0 aromatic carbocycles. The summed E-state index contributed by atoms with van der Waals surface area (Å²) in [7, 11) is 3.67. The van der Waals surface area contributed by atoms with Crippen molar-refractivity contribution in [3.05, 3.63) is 5.89 Å². The van der Waals surface area contributed by atoms with Crippen LogP contribution in [0.15, 0.2) is 4.52 Å². The molecule has 1 aromatic heterocycles. The second-order valence-corrected chi connectivity index (χ2v) is 7.30. The van der Waals surface area contributed by atoms with Crippen LogP contribution in [0.4, 0.5) is 10.7 Å². The zero-order valence-corrected chi connectivity index (χ0v) is 15.8. The van der Waals surface area contributed by atoms with E-state index in [0.29, 0.717) is 18.4 Å². The summed E-state index contributed by atoms with van der Waals surface area (Å²) in [6.07, 6.45) is 5.97. The number of aromatic nitrogens is 2. The Hall–Kier alpha value is -1.87. The van der Waals surface area contributed by atoms with Crippen LogP contribution in [-0.2, 0) is 11.3 Å². The van der Waals surface area contributed by atoms with Crippen molar-refractivity contribution in [3.8, 4) is 0 Å². The van der Waals surface area contributed by atoms with Crippen LogP contribution in [0.2, 0.25) is 0 Å². The number of carbonyl (C=O) groups excluding carboxylic acids is 1. The lowest BCUT2D eigenvalue weighted by Gasteiger charge is -2.48. The Bertz CT molecular complexity index is 579. The van der Waals surface area contributed by atoms with Gasteiger partial charge in [-0.1, -0.05) is 19.3 Å². The molecule has 0 radical (unpaired) electrons.